The minimum absolute atomic E-state index is 0.0561. The summed E-state index contributed by atoms with van der Waals surface area (Å²) < 4.78 is 0. The molecule has 1 N–H and O–H groups in total. The van der Waals surface area contributed by atoms with Crippen molar-refractivity contribution in [2.24, 2.45) is 0 Å². The van der Waals surface area contributed by atoms with Gasteiger partial charge in [0, 0.05) is 11.7 Å². The van der Waals surface area contributed by atoms with E-state index in [4.69, 9.17) is 0 Å². The van der Waals surface area contributed by atoms with Crippen molar-refractivity contribution in [1.82, 2.24) is 5.32 Å². The number of hydrogen-bond acceptors (Lipinski definition) is 3. The molecule has 0 spiro atoms. The lowest BCUT2D eigenvalue weighted by Gasteiger charge is -2.05. The fraction of sp³-hybridized carbons (Fsp3) is 0.500. The first-order valence-electron chi connectivity index (χ1n) is 3.87. The Balaban J connectivity index is 2.59. The van der Waals surface area contributed by atoms with Crippen LogP contribution in [-0.4, -0.2) is 17.1 Å². The van der Waals surface area contributed by atoms with Crippen LogP contribution in [-0.2, 0) is 9.59 Å². The predicted molar refractivity (Wildman–Crippen MR) is 48.9 cm³/mol. The lowest BCUT2D eigenvalue weighted by molar-refractivity contribution is -0.127. The average molecular weight is 185 g/mol. The lowest BCUT2D eigenvalue weighted by atomic mass is 10.2. The zero-order valence-electron chi connectivity index (χ0n) is 6.62. The van der Waals surface area contributed by atoms with Crippen molar-refractivity contribution in [3.05, 3.63) is 12.2 Å². The van der Waals surface area contributed by atoms with Gasteiger partial charge in [-0.2, -0.15) is 12.6 Å². The van der Waals surface area contributed by atoms with Gasteiger partial charge in [0.25, 0.3) is 0 Å². The number of nitrogens with one attached hydrogen (secondary N) is 1. The highest BCUT2D eigenvalue weighted by atomic mass is 32.1. The molecule has 0 saturated carbocycles. The molecule has 1 aliphatic heterocycles. The minimum atomic E-state index is -0.331. The zero-order chi connectivity index (χ0) is 8.97. The smallest absolute Gasteiger partial charge is 0.250 e. The molecule has 4 heteroatoms. The van der Waals surface area contributed by atoms with E-state index in [0.717, 1.165) is 12.8 Å². The monoisotopic (exact) mass is 185 g/mol. The molecule has 0 fully saturated rings. The highest BCUT2D eigenvalue weighted by Gasteiger charge is 2.12. The Kier molecular flexibility index (Phi) is 3.34. The molecule has 1 atom stereocenters. The summed E-state index contributed by atoms with van der Waals surface area (Å²) in [7, 11) is 0. The molecule has 0 aromatic rings. The Morgan fingerprint density at radius 2 is 2.25 bits per heavy atom. The molecule has 1 heterocycles. The third-order valence-corrected chi connectivity index (χ3v) is 2.06. The van der Waals surface area contributed by atoms with Crippen molar-refractivity contribution in [3.8, 4) is 0 Å². The van der Waals surface area contributed by atoms with E-state index < -0.39 is 0 Å². The van der Waals surface area contributed by atoms with E-state index in [0.29, 0.717) is 6.42 Å². The second kappa shape index (κ2) is 4.30. The van der Waals surface area contributed by atoms with Crippen molar-refractivity contribution in [2.75, 3.05) is 0 Å². The van der Waals surface area contributed by atoms with Crippen molar-refractivity contribution >= 4 is 24.4 Å². The molecular formula is C8H11NO2S. The van der Waals surface area contributed by atoms with Crippen LogP contribution in [0.2, 0.25) is 0 Å². The van der Waals surface area contributed by atoms with E-state index in [1.807, 2.05) is 0 Å². The number of carbonyl (C=O) groups is 2. The van der Waals surface area contributed by atoms with E-state index in [1.165, 1.54) is 6.08 Å². The molecule has 1 aliphatic rings. The number of amides is 2. The SMILES string of the molecule is O=C1C=CCCC(S)CC(=O)N1. The zero-order valence-corrected chi connectivity index (χ0v) is 7.51. The maximum absolute atomic E-state index is 11.0. The van der Waals surface area contributed by atoms with Gasteiger partial charge in [-0.1, -0.05) is 6.08 Å². The van der Waals surface area contributed by atoms with Crippen LogP contribution in [0.3, 0.4) is 0 Å². The standard InChI is InChI=1S/C8H11NO2S/c10-7-4-2-1-3-6(12)5-8(11)9-7/h2,4,6,12H,1,3,5H2,(H,9,10,11). The summed E-state index contributed by atoms with van der Waals surface area (Å²) in [4.78, 5) is 21.9. The molecule has 1 unspecified atom stereocenters. The largest absolute Gasteiger partial charge is 0.293 e. The number of allylic oxidation sites excluding steroid dienone is 1. The number of rotatable bonds is 0. The van der Waals surface area contributed by atoms with Gasteiger partial charge in [-0.3, -0.25) is 14.9 Å². The first-order valence-corrected chi connectivity index (χ1v) is 4.38. The summed E-state index contributed by atoms with van der Waals surface area (Å²) >= 11 is 4.21. The first-order chi connectivity index (χ1) is 5.68. The van der Waals surface area contributed by atoms with Gasteiger partial charge in [0.15, 0.2) is 0 Å². The van der Waals surface area contributed by atoms with Gasteiger partial charge in [0.2, 0.25) is 11.8 Å². The van der Waals surface area contributed by atoms with Gasteiger partial charge >= 0.3 is 0 Å². The predicted octanol–water partition coefficient (Wildman–Crippen LogP) is 0.668. The van der Waals surface area contributed by atoms with Crippen LogP contribution in [0.4, 0.5) is 0 Å². The fourth-order valence-electron chi connectivity index (χ4n) is 1.03. The molecule has 1 rings (SSSR count). The summed E-state index contributed by atoms with van der Waals surface area (Å²) in [6.07, 6.45) is 5.10. The highest BCUT2D eigenvalue weighted by Crippen LogP contribution is 2.10. The second-order valence-corrected chi connectivity index (χ2v) is 3.48. The molecule has 0 saturated heterocycles. The van der Waals surface area contributed by atoms with Crippen LogP contribution in [0, 0.1) is 0 Å². The molecule has 2 amide bonds. The highest BCUT2D eigenvalue weighted by molar-refractivity contribution is 7.81. The number of hydrogen-bond donors (Lipinski definition) is 2. The first kappa shape index (κ1) is 9.32. The fourth-order valence-corrected chi connectivity index (χ4v) is 1.34. The lowest BCUT2D eigenvalue weighted by Crippen LogP contribution is -2.29. The van der Waals surface area contributed by atoms with Gasteiger partial charge in [0.1, 0.15) is 0 Å². The Morgan fingerprint density at radius 1 is 1.50 bits per heavy atom. The van der Waals surface area contributed by atoms with Crippen LogP contribution in [0.15, 0.2) is 12.2 Å². The van der Waals surface area contributed by atoms with Crippen LogP contribution in [0.1, 0.15) is 19.3 Å². The van der Waals surface area contributed by atoms with Gasteiger partial charge < -0.3 is 0 Å². The summed E-state index contributed by atoms with van der Waals surface area (Å²) in [6.45, 7) is 0. The van der Waals surface area contributed by atoms with Crippen molar-refractivity contribution in [1.29, 1.82) is 0 Å². The van der Waals surface area contributed by atoms with Crippen molar-refractivity contribution < 1.29 is 9.59 Å². The quantitative estimate of drug-likeness (QED) is 0.430. The van der Waals surface area contributed by atoms with E-state index in [1.54, 1.807) is 6.08 Å². The van der Waals surface area contributed by atoms with E-state index in [2.05, 4.69) is 17.9 Å². The molecule has 0 radical (unpaired) electrons. The number of thiol groups is 1. The molecule has 3 nitrogen and oxygen atoms in total. The van der Waals surface area contributed by atoms with Crippen LogP contribution >= 0.6 is 12.6 Å². The molecule has 0 aromatic heterocycles. The Morgan fingerprint density at radius 3 is 3.00 bits per heavy atom. The van der Waals surface area contributed by atoms with E-state index >= 15 is 0 Å². The van der Waals surface area contributed by atoms with Crippen LogP contribution in [0.25, 0.3) is 0 Å². The van der Waals surface area contributed by atoms with Gasteiger partial charge in [-0.25, -0.2) is 0 Å². The molecule has 0 bridgehead atoms. The third-order valence-electron chi connectivity index (χ3n) is 1.62. The van der Waals surface area contributed by atoms with Gasteiger partial charge in [0.05, 0.1) is 0 Å². The van der Waals surface area contributed by atoms with Crippen molar-refractivity contribution in [2.45, 2.75) is 24.5 Å². The summed E-state index contributed by atoms with van der Waals surface area (Å²) in [5.74, 6) is -0.575. The normalized spacial score (nSPS) is 25.6. The Labute approximate surface area is 76.6 Å². The molecular weight excluding hydrogens is 174 g/mol. The summed E-state index contributed by atoms with van der Waals surface area (Å²) in [5, 5.41) is 2.29. The van der Waals surface area contributed by atoms with Crippen LogP contribution < -0.4 is 5.32 Å². The molecule has 66 valence electrons. The van der Waals surface area contributed by atoms with E-state index in [9.17, 15) is 9.59 Å². The van der Waals surface area contributed by atoms with Gasteiger partial charge in [-0.15, -0.1) is 0 Å². The van der Waals surface area contributed by atoms with Crippen molar-refractivity contribution in [3.63, 3.8) is 0 Å². The van der Waals surface area contributed by atoms with Crippen LogP contribution in [0.5, 0.6) is 0 Å². The molecule has 0 aliphatic carbocycles. The topological polar surface area (TPSA) is 46.2 Å². The summed E-state index contributed by atoms with van der Waals surface area (Å²) in [6, 6.07) is 0. The summed E-state index contributed by atoms with van der Waals surface area (Å²) in [5.41, 5.74) is 0. The maximum atomic E-state index is 11.0. The average Bonchev–Trinajstić information content (AvgIpc) is 2.01. The second-order valence-electron chi connectivity index (χ2n) is 2.75. The molecule has 12 heavy (non-hydrogen) atoms. The van der Waals surface area contributed by atoms with Gasteiger partial charge in [-0.05, 0) is 18.9 Å². The Bertz CT molecular complexity index is 225. The maximum Gasteiger partial charge on any atom is 0.250 e. The number of imide groups is 1. The third kappa shape index (κ3) is 3.09. The minimum Gasteiger partial charge on any atom is -0.293 e. The number of carbonyl (C=O) groups excluding carboxylic acids is 2. The van der Waals surface area contributed by atoms with E-state index in [-0.39, 0.29) is 17.1 Å². The molecule has 0 aromatic carbocycles. The Hall–Kier alpha value is -0.770.